The molecule has 0 aliphatic rings. The third-order valence-corrected chi connectivity index (χ3v) is 5.03. The number of anilines is 2. The largest absolute Gasteiger partial charge is 0.457 e. The normalized spacial score (nSPS) is 10.9. The molecular formula is C19H19N5O2S2. The average Bonchev–Trinajstić information content (AvgIpc) is 3.21. The fraction of sp³-hybridized carbons (Fsp3) is 0.158. The number of rotatable bonds is 7. The van der Waals surface area contributed by atoms with Crippen molar-refractivity contribution in [2.24, 2.45) is 4.99 Å². The summed E-state index contributed by atoms with van der Waals surface area (Å²) in [6, 6.07) is 10.9. The standard InChI is InChI=1S/C19H19N5O2S2/c1-3-21-10-15-16(20)8-12(18(25)24-19-22-11-23-28-19)9-17(15)26-13-4-6-14(27-2)7-5-13/h4-11H,3,20H2,1-2H3,(H,22,23,24,25). The zero-order valence-corrected chi connectivity index (χ0v) is 17.0. The summed E-state index contributed by atoms with van der Waals surface area (Å²) in [5.74, 6) is 0.756. The van der Waals surface area contributed by atoms with Crippen LogP contribution in [-0.2, 0) is 0 Å². The lowest BCUT2D eigenvalue weighted by Crippen LogP contribution is -2.13. The highest BCUT2D eigenvalue weighted by Crippen LogP contribution is 2.31. The van der Waals surface area contributed by atoms with E-state index in [1.54, 1.807) is 30.1 Å². The molecule has 0 saturated carbocycles. The Morgan fingerprint density at radius 3 is 2.79 bits per heavy atom. The van der Waals surface area contributed by atoms with Crippen LogP contribution in [0, 0.1) is 0 Å². The molecule has 1 heterocycles. The molecule has 28 heavy (non-hydrogen) atoms. The molecular weight excluding hydrogens is 394 g/mol. The molecule has 0 atom stereocenters. The van der Waals surface area contributed by atoms with Crippen molar-refractivity contribution in [2.75, 3.05) is 23.9 Å². The topological polar surface area (TPSA) is 102 Å². The van der Waals surface area contributed by atoms with E-state index in [9.17, 15) is 4.79 Å². The predicted molar refractivity (Wildman–Crippen MR) is 115 cm³/mol. The van der Waals surface area contributed by atoms with Crippen molar-refractivity contribution in [1.29, 1.82) is 0 Å². The van der Waals surface area contributed by atoms with Crippen LogP contribution in [0.15, 0.2) is 52.6 Å². The number of aromatic nitrogens is 2. The molecule has 9 heteroatoms. The highest BCUT2D eigenvalue weighted by molar-refractivity contribution is 7.98. The highest BCUT2D eigenvalue weighted by atomic mass is 32.2. The first kappa shape index (κ1) is 19.8. The van der Waals surface area contributed by atoms with Gasteiger partial charge in [-0.1, -0.05) is 0 Å². The Bertz CT molecular complexity index is 973. The Kier molecular flexibility index (Phi) is 6.62. The van der Waals surface area contributed by atoms with E-state index in [2.05, 4.69) is 19.7 Å². The minimum atomic E-state index is -0.343. The van der Waals surface area contributed by atoms with Gasteiger partial charge in [0, 0.05) is 40.4 Å². The molecule has 0 spiro atoms. The number of thioether (sulfide) groups is 1. The molecule has 3 rings (SSSR count). The van der Waals surface area contributed by atoms with E-state index >= 15 is 0 Å². The summed E-state index contributed by atoms with van der Waals surface area (Å²) >= 11 is 2.74. The van der Waals surface area contributed by atoms with Gasteiger partial charge in [0.1, 0.15) is 17.8 Å². The van der Waals surface area contributed by atoms with Crippen molar-refractivity contribution in [3.63, 3.8) is 0 Å². The molecule has 0 saturated heterocycles. The van der Waals surface area contributed by atoms with E-state index in [4.69, 9.17) is 10.5 Å². The van der Waals surface area contributed by atoms with Crippen LogP contribution < -0.4 is 15.8 Å². The lowest BCUT2D eigenvalue weighted by atomic mass is 10.1. The van der Waals surface area contributed by atoms with Gasteiger partial charge >= 0.3 is 0 Å². The number of nitrogens with two attached hydrogens (primary N) is 1. The number of carbonyl (C=O) groups is 1. The maximum atomic E-state index is 12.6. The van der Waals surface area contributed by atoms with Crippen LogP contribution in [0.1, 0.15) is 22.8 Å². The quantitative estimate of drug-likeness (QED) is 0.340. The first-order valence-electron chi connectivity index (χ1n) is 8.44. The summed E-state index contributed by atoms with van der Waals surface area (Å²) < 4.78 is 9.90. The van der Waals surface area contributed by atoms with Gasteiger partial charge in [-0.15, -0.1) is 11.8 Å². The Hall–Kier alpha value is -2.91. The number of carbonyl (C=O) groups excluding carboxylic acids is 1. The molecule has 2 aromatic carbocycles. The summed E-state index contributed by atoms with van der Waals surface area (Å²) in [4.78, 5) is 21.9. The number of ether oxygens (including phenoxy) is 1. The van der Waals surface area contributed by atoms with Gasteiger partial charge in [0.25, 0.3) is 5.91 Å². The van der Waals surface area contributed by atoms with Crippen LogP contribution in [0.2, 0.25) is 0 Å². The number of nitrogen functional groups attached to an aromatic ring is 1. The third kappa shape index (κ3) is 4.87. The molecule has 0 unspecified atom stereocenters. The van der Waals surface area contributed by atoms with Crippen LogP contribution in [-0.4, -0.2) is 34.3 Å². The third-order valence-electron chi connectivity index (χ3n) is 3.71. The number of hydrogen-bond donors (Lipinski definition) is 2. The molecule has 0 radical (unpaired) electrons. The molecule has 3 aromatic rings. The Morgan fingerprint density at radius 2 is 2.14 bits per heavy atom. The van der Waals surface area contributed by atoms with E-state index < -0.39 is 0 Å². The van der Waals surface area contributed by atoms with Gasteiger partial charge in [-0.2, -0.15) is 4.37 Å². The van der Waals surface area contributed by atoms with Gasteiger partial charge in [0.05, 0.1) is 5.56 Å². The van der Waals surface area contributed by atoms with E-state index in [-0.39, 0.29) is 5.91 Å². The van der Waals surface area contributed by atoms with Gasteiger partial charge in [0.2, 0.25) is 5.13 Å². The lowest BCUT2D eigenvalue weighted by molar-refractivity contribution is 0.102. The average molecular weight is 414 g/mol. The Labute approximate surface area is 171 Å². The van der Waals surface area contributed by atoms with Gasteiger partial charge < -0.3 is 10.5 Å². The second-order valence-electron chi connectivity index (χ2n) is 5.58. The van der Waals surface area contributed by atoms with Gasteiger partial charge in [0.15, 0.2) is 0 Å². The molecule has 0 fully saturated rings. The molecule has 1 aromatic heterocycles. The first-order chi connectivity index (χ1) is 13.6. The maximum absolute atomic E-state index is 12.6. The maximum Gasteiger partial charge on any atom is 0.257 e. The summed E-state index contributed by atoms with van der Waals surface area (Å²) in [6.45, 7) is 2.54. The second-order valence-corrected chi connectivity index (χ2v) is 7.24. The fourth-order valence-corrected chi connectivity index (χ4v) is 3.19. The molecule has 0 aliphatic heterocycles. The van der Waals surface area contributed by atoms with E-state index in [0.29, 0.717) is 40.0 Å². The molecule has 144 valence electrons. The van der Waals surface area contributed by atoms with Crippen LogP contribution in [0.25, 0.3) is 0 Å². The molecule has 1 amide bonds. The lowest BCUT2D eigenvalue weighted by Gasteiger charge is -2.13. The van der Waals surface area contributed by atoms with Crippen molar-refractivity contribution < 1.29 is 9.53 Å². The monoisotopic (exact) mass is 413 g/mol. The highest BCUT2D eigenvalue weighted by Gasteiger charge is 2.15. The van der Waals surface area contributed by atoms with Crippen LogP contribution >= 0.6 is 23.3 Å². The zero-order chi connectivity index (χ0) is 19.9. The Balaban J connectivity index is 1.94. The van der Waals surface area contributed by atoms with Crippen molar-refractivity contribution in [3.05, 3.63) is 53.9 Å². The van der Waals surface area contributed by atoms with E-state index in [1.165, 1.54) is 6.33 Å². The molecule has 0 aliphatic carbocycles. The summed E-state index contributed by atoms with van der Waals surface area (Å²) in [5, 5.41) is 3.11. The number of nitrogens with one attached hydrogen (secondary N) is 1. The molecule has 7 nitrogen and oxygen atoms in total. The second kappa shape index (κ2) is 9.34. The van der Waals surface area contributed by atoms with Gasteiger partial charge in [-0.3, -0.25) is 15.1 Å². The molecule has 0 bridgehead atoms. The van der Waals surface area contributed by atoms with Crippen molar-refractivity contribution in [2.45, 2.75) is 11.8 Å². The fourth-order valence-electron chi connectivity index (χ4n) is 2.35. The number of aliphatic imine (C=N–C) groups is 1. The van der Waals surface area contributed by atoms with E-state index in [1.807, 2.05) is 37.4 Å². The van der Waals surface area contributed by atoms with Gasteiger partial charge in [-0.25, -0.2) is 4.98 Å². The van der Waals surface area contributed by atoms with E-state index in [0.717, 1.165) is 16.4 Å². The van der Waals surface area contributed by atoms with Crippen LogP contribution in [0.5, 0.6) is 11.5 Å². The summed E-state index contributed by atoms with van der Waals surface area (Å²) in [5.41, 5.74) is 7.58. The Morgan fingerprint density at radius 1 is 1.36 bits per heavy atom. The molecule has 3 N–H and O–H groups in total. The van der Waals surface area contributed by atoms with Crippen LogP contribution in [0.4, 0.5) is 10.8 Å². The number of hydrogen-bond acceptors (Lipinski definition) is 8. The number of benzene rings is 2. The van der Waals surface area contributed by atoms with Crippen molar-refractivity contribution in [3.8, 4) is 11.5 Å². The first-order valence-corrected chi connectivity index (χ1v) is 10.4. The van der Waals surface area contributed by atoms with Crippen LogP contribution in [0.3, 0.4) is 0 Å². The van der Waals surface area contributed by atoms with Crippen molar-refractivity contribution >= 4 is 46.2 Å². The van der Waals surface area contributed by atoms with Crippen molar-refractivity contribution in [1.82, 2.24) is 9.36 Å². The minimum Gasteiger partial charge on any atom is -0.457 e. The zero-order valence-electron chi connectivity index (χ0n) is 15.4. The SMILES string of the molecule is CCN=Cc1c(N)cc(C(=O)Nc2ncns2)cc1Oc1ccc(SC)cc1. The predicted octanol–water partition coefficient (Wildman–Crippen LogP) is 4.33. The summed E-state index contributed by atoms with van der Waals surface area (Å²) in [7, 11) is 0. The number of amides is 1. The minimum absolute atomic E-state index is 0.343. The van der Waals surface area contributed by atoms with Gasteiger partial charge in [-0.05, 0) is 49.6 Å². The summed E-state index contributed by atoms with van der Waals surface area (Å²) in [6.07, 6.45) is 5.05. The number of nitrogens with zero attached hydrogens (tertiary/aromatic N) is 3. The smallest absolute Gasteiger partial charge is 0.257 e.